The number of anilines is 2. The van der Waals surface area contributed by atoms with Gasteiger partial charge in [-0.3, -0.25) is 4.79 Å². The monoisotopic (exact) mass is 377 g/mol. The Hall–Kier alpha value is -3.54. The lowest BCUT2D eigenvalue weighted by molar-refractivity contribution is 0.102. The average Bonchev–Trinajstić information content (AvgIpc) is 2.72. The number of amides is 1. The predicted molar refractivity (Wildman–Crippen MR) is 110 cm³/mol. The maximum atomic E-state index is 12.5. The molecule has 0 atom stereocenters. The van der Waals surface area contributed by atoms with Crippen LogP contribution in [-0.2, 0) is 6.54 Å². The highest BCUT2D eigenvalue weighted by Gasteiger charge is 2.09. The van der Waals surface area contributed by atoms with Crippen LogP contribution >= 0.6 is 0 Å². The van der Waals surface area contributed by atoms with Crippen molar-refractivity contribution in [3.05, 3.63) is 77.5 Å². The molecule has 0 aliphatic heterocycles. The third-order valence-corrected chi connectivity index (χ3v) is 4.22. The summed E-state index contributed by atoms with van der Waals surface area (Å²) in [5.41, 5.74) is 3.40. The topological polar surface area (TPSA) is 72.5 Å². The zero-order valence-electron chi connectivity index (χ0n) is 16.2. The lowest BCUT2D eigenvalue weighted by Crippen LogP contribution is -2.13. The Kier molecular flexibility index (Phi) is 6.11. The number of pyridine rings is 1. The van der Waals surface area contributed by atoms with Crippen LogP contribution in [0.2, 0.25) is 0 Å². The molecule has 1 amide bonds. The van der Waals surface area contributed by atoms with Gasteiger partial charge in [0.1, 0.15) is 5.82 Å². The molecule has 2 N–H and O–H groups in total. The SMILES string of the molecule is COc1ccc(CNc2cc(C(=O)Nc3cccc(C)c3)ccn2)cc1OC. The molecule has 6 heteroatoms. The summed E-state index contributed by atoms with van der Waals surface area (Å²) in [6.07, 6.45) is 1.61. The molecule has 3 rings (SSSR count). The lowest BCUT2D eigenvalue weighted by atomic mass is 10.2. The van der Waals surface area contributed by atoms with Gasteiger partial charge in [0.25, 0.3) is 5.91 Å². The van der Waals surface area contributed by atoms with Gasteiger partial charge in [-0.1, -0.05) is 18.2 Å². The molecule has 3 aromatic rings. The van der Waals surface area contributed by atoms with Crippen LogP contribution in [0.4, 0.5) is 11.5 Å². The molecule has 144 valence electrons. The van der Waals surface area contributed by atoms with Gasteiger partial charge in [-0.05, 0) is 54.4 Å². The maximum absolute atomic E-state index is 12.5. The summed E-state index contributed by atoms with van der Waals surface area (Å²) >= 11 is 0. The molecule has 1 aromatic heterocycles. The van der Waals surface area contributed by atoms with Crippen LogP contribution in [-0.4, -0.2) is 25.1 Å². The van der Waals surface area contributed by atoms with Gasteiger partial charge in [0, 0.05) is 24.0 Å². The van der Waals surface area contributed by atoms with Gasteiger partial charge < -0.3 is 20.1 Å². The Morgan fingerprint density at radius 3 is 2.57 bits per heavy atom. The average molecular weight is 377 g/mol. The Labute approximate surface area is 164 Å². The van der Waals surface area contributed by atoms with E-state index in [4.69, 9.17) is 9.47 Å². The van der Waals surface area contributed by atoms with E-state index in [1.165, 1.54) is 0 Å². The number of rotatable bonds is 7. The number of nitrogens with one attached hydrogen (secondary N) is 2. The summed E-state index contributed by atoms with van der Waals surface area (Å²) < 4.78 is 10.6. The van der Waals surface area contributed by atoms with Gasteiger partial charge in [-0.15, -0.1) is 0 Å². The summed E-state index contributed by atoms with van der Waals surface area (Å²) in [7, 11) is 3.21. The first-order valence-electron chi connectivity index (χ1n) is 8.88. The van der Waals surface area contributed by atoms with Crippen molar-refractivity contribution in [3.63, 3.8) is 0 Å². The van der Waals surface area contributed by atoms with Crippen LogP contribution in [0.15, 0.2) is 60.8 Å². The third-order valence-electron chi connectivity index (χ3n) is 4.22. The first-order valence-corrected chi connectivity index (χ1v) is 8.88. The molecular formula is C22H23N3O3. The minimum Gasteiger partial charge on any atom is -0.493 e. The standard InChI is InChI=1S/C22H23N3O3/c1-15-5-4-6-18(11-15)25-22(26)17-9-10-23-21(13-17)24-14-16-7-8-19(27-2)20(12-16)28-3/h4-13H,14H2,1-3H3,(H,23,24)(H,25,26). The van der Waals surface area contributed by atoms with Gasteiger partial charge in [0.05, 0.1) is 14.2 Å². The molecule has 0 radical (unpaired) electrons. The van der Waals surface area contributed by atoms with Crippen molar-refractivity contribution in [2.45, 2.75) is 13.5 Å². The molecule has 0 bridgehead atoms. The van der Waals surface area contributed by atoms with Gasteiger partial charge in [-0.25, -0.2) is 4.98 Å². The fourth-order valence-electron chi connectivity index (χ4n) is 2.78. The number of nitrogens with zero attached hydrogens (tertiary/aromatic N) is 1. The number of aryl methyl sites for hydroxylation is 1. The molecular weight excluding hydrogens is 354 g/mol. The molecule has 0 spiro atoms. The Balaban J connectivity index is 1.67. The molecule has 6 nitrogen and oxygen atoms in total. The van der Waals surface area contributed by atoms with Crippen molar-refractivity contribution in [2.24, 2.45) is 0 Å². The van der Waals surface area contributed by atoms with Crippen LogP contribution in [0, 0.1) is 6.92 Å². The van der Waals surface area contributed by atoms with E-state index in [1.807, 2.05) is 49.4 Å². The number of carbonyl (C=O) groups excluding carboxylic acids is 1. The van der Waals surface area contributed by atoms with Crippen molar-refractivity contribution >= 4 is 17.4 Å². The van der Waals surface area contributed by atoms with E-state index in [9.17, 15) is 4.79 Å². The number of methoxy groups -OCH3 is 2. The van der Waals surface area contributed by atoms with Gasteiger partial charge in [0.2, 0.25) is 0 Å². The van der Waals surface area contributed by atoms with Gasteiger partial charge >= 0.3 is 0 Å². The number of carbonyl (C=O) groups is 1. The smallest absolute Gasteiger partial charge is 0.255 e. The van der Waals surface area contributed by atoms with Crippen LogP contribution in [0.3, 0.4) is 0 Å². The van der Waals surface area contributed by atoms with E-state index in [0.717, 1.165) is 16.8 Å². The Bertz CT molecular complexity index is 973. The normalized spacial score (nSPS) is 10.2. The maximum Gasteiger partial charge on any atom is 0.255 e. The Morgan fingerprint density at radius 2 is 1.82 bits per heavy atom. The Morgan fingerprint density at radius 1 is 1.00 bits per heavy atom. The summed E-state index contributed by atoms with van der Waals surface area (Å²) in [6, 6.07) is 16.8. The van der Waals surface area contributed by atoms with Gasteiger partial charge in [-0.2, -0.15) is 0 Å². The quantitative estimate of drug-likeness (QED) is 0.643. The van der Waals surface area contributed by atoms with E-state index >= 15 is 0 Å². The molecule has 0 aliphatic carbocycles. The summed E-state index contributed by atoms with van der Waals surface area (Å²) in [4.78, 5) is 16.8. The van der Waals surface area contributed by atoms with Gasteiger partial charge in [0.15, 0.2) is 11.5 Å². The lowest BCUT2D eigenvalue weighted by Gasteiger charge is -2.11. The minimum atomic E-state index is -0.179. The number of benzene rings is 2. The number of hydrogen-bond acceptors (Lipinski definition) is 5. The number of hydrogen-bond donors (Lipinski definition) is 2. The second-order valence-electron chi connectivity index (χ2n) is 6.30. The summed E-state index contributed by atoms with van der Waals surface area (Å²) in [5, 5.41) is 6.13. The van der Waals surface area contributed by atoms with Crippen LogP contribution < -0.4 is 20.1 Å². The van der Waals surface area contributed by atoms with Crippen LogP contribution in [0.25, 0.3) is 0 Å². The number of ether oxygens (including phenoxy) is 2. The second kappa shape index (κ2) is 8.90. The minimum absolute atomic E-state index is 0.179. The van der Waals surface area contributed by atoms with Crippen LogP contribution in [0.5, 0.6) is 11.5 Å². The van der Waals surface area contributed by atoms with Crippen molar-refractivity contribution in [2.75, 3.05) is 24.9 Å². The highest BCUT2D eigenvalue weighted by molar-refractivity contribution is 6.04. The first-order chi connectivity index (χ1) is 13.6. The highest BCUT2D eigenvalue weighted by atomic mass is 16.5. The fourth-order valence-corrected chi connectivity index (χ4v) is 2.78. The molecule has 0 saturated heterocycles. The van der Waals surface area contributed by atoms with Crippen LogP contribution in [0.1, 0.15) is 21.5 Å². The van der Waals surface area contributed by atoms with Crippen molar-refractivity contribution in [1.82, 2.24) is 4.98 Å². The van der Waals surface area contributed by atoms with Crippen molar-refractivity contribution < 1.29 is 14.3 Å². The number of aromatic nitrogens is 1. The largest absolute Gasteiger partial charge is 0.493 e. The fraction of sp³-hybridized carbons (Fsp3) is 0.182. The molecule has 0 saturated carbocycles. The van der Waals surface area contributed by atoms with E-state index in [1.54, 1.807) is 32.5 Å². The van der Waals surface area contributed by atoms with E-state index in [2.05, 4.69) is 15.6 Å². The zero-order chi connectivity index (χ0) is 19.9. The molecule has 2 aromatic carbocycles. The molecule has 0 aliphatic rings. The summed E-state index contributed by atoms with van der Waals surface area (Å²) in [6.45, 7) is 2.52. The van der Waals surface area contributed by atoms with Crippen molar-refractivity contribution in [1.29, 1.82) is 0 Å². The molecule has 0 fully saturated rings. The molecule has 1 heterocycles. The second-order valence-corrected chi connectivity index (χ2v) is 6.30. The molecule has 28 heavy (non-hydrogen) atoms. The zero-order valence-corrected chi connectivity index (χ0v) is 16.2. The third kappa shape index (κ3) is 4.79. The predicted octanol–water partition coefficient (Wildman–Crippen LogP) is 4.27. The van der Waals surface area contributed by atoms with Crippen molar-refractivity contribution in [3.8, 4) is 11.5 Å². The van der Waals surface area contributed by atoms with E-state index in [0.29, 0.717) is 29.4 Å². The highest BCUT2D eigenvalue weighted by Crippen LogP contribution is 2.27. The van der Waals surface area contributed by atoms with E-state index in [-0.39, 0.29) is 5.91 Å². The van der Waals surface area contributed by atoms with E-state index < -0.39 is 0 Å². The first kappa shape index (κ1) is 19.2. The molecule has 0 unspecified atom stereocenters. The summed E-state index contributed by atoms with van der Waals surface area (Å²) in [5.74, 6) is 1.79.